The Bertz CT molecular complexity index is 1130. The zero-order chi connectivity index (χ0) is 24.5. The molecule has 186 valence electrons. The number of hydrogen-bond donors (Lipinski definition) is 0. The first kappa shape index (κ1) is 23.7. The molecule has 3 aliphatic heterocycles. The summed E-state index contributed by atoms with van der Waals surface area (Å²) in [6.07, 6.45) is 2.88. The summed E-state index contributed by atoms with van der Waals surface area (Å²) in [5.74, 6) is 0.0718. The number of likely N-dealkylation sites (tertiary alicyclic amines) is 1. The number of aromatic nitrogens is 2. The molecular weight excluding hydrogens is 449 g/mol. The molecule has 1 aromatic carbocycles. The van der Waals surface area contributed by atoms with Crippen LogP contribution >= 0.6 is 0 Å². The fourth-order valence-corrected chi connectivity index (χ4v) is 5.23. The number of piperidine rings is 1. The van der Waals surface area contributed by atoms with Gasteiger partial charge in [-0.15, -0.1) is 0 Å². The quantitative estimate of drug-likeness (QED) is 0.671. The molecule has 35 heavy (non-hydrogen) atoms. The zero-order valence-electron chi connectivity index (χ0n) is 20.2. The molecule has 0 N–H and O–H groups in total. The molecule has 0 aliphatic carbocycles. The van der Waals surface area contributed by atoms with E-state index in [2.05, 4.69) is 11.5 Å². The van der Waals surface area contributed by atoms with Crippen molar-refractivity contribution in [3.63, 3.8) is 0 Å². The summed E-state index contributed by atoms with van der Waals surface area (Å²) in [5.41, 5.74) is 2.28. The fourth-order valence-electron chi connectivity index (χ4n) is 5.23. The Labute approximate surface area is 205 Å². The van der Waals surface area contributed by atoms with Crippen molar-refractivity contribution in [3.05, 3.63) is 47.5 Å². The molecule has 1 aromatic heterocycles. The van der Waals surface area contributed by atoms with E-state index in [1.54, 1.807) is 23.1 Å². The number of rotatable bonds is 4. The van der Waals surface area contributed by atoms with Crippen molar-refractivity contribution in [2.45, 2.75) is 25.9 Å². The van der Waals surface area contributed by atoms with Gasteiger partial charge in [-0.1, -0.05) is 18.7 Å². The minimum absolute atomic E-state index is 0.0628. The van der Waals surface area contributed by atoms with E-state index in [0.717, 1.165) is 12.2 Å². The Morgan fingerprint density at radius 3 is 2.51 bits per heavy atom. The van der Waals surface area contributed by atoms with Crippen molar-refractivity contribution < 1.29 is 18.7 Å². The van der Waals surface area contributed by atoms with Crippen LogP contribution in [-0.4, -0.2) is 89.1 Å². The SMILES string of the molecule is C=Cc1ccc(-c2nc(C(=O)N3CCC(C(=O)N4CCOCC4)CC3)c3n2CCN(C)C3)c(F)c1. The number of carbonyl (C=O) groups excluding carboxylic acids is 2. The molecule has 2 aromatic rings. The van der Waals surface area contributed by atoms with Crippen molar-refractivity contribution >= 4 is 17.9 Å². The third kappa shape index (κ3) is 4.62. The number of benzene rings is 1. The number of ether oxygens (including phenoxy) is 1. The lowest BCUT2D eigenvalue weighted by Crippen LogP contribution is -2.47. The lowest BCUT2D eigenvalue weighted by atomic mass is 9.94. The summed E-state index contributed by atoms with van der Waals surface area (Å²) in [5, 5.41) is 0. The van der Waals surface area contributed by atoms with Gasteiger partial charge in [0.05, 0.1) is 24.5 Å². The Balaban J connectivity index is 1.36. The number of fused-ring (bicyclic) bond motifs is 1. The molecule has 0 atom stereocenters. The van der Waals surface area contributed by atoms with E-state index in [1.807, 2.05) is 16.5 Å². The number of hydrogen-bond acceptors (Lipinski definition) is 5. The van der Waals surface area contributed by atoms with Crippen LogP contribution in [0.5, 0.6) is 0 Å². The van der Waals surface area contributed by atoms with Gasteiger partial charge in [-0.05, 0) is 37.6 Å². The lowest BCUT2D eigenvalue weighted by molar-refractivity contribution is -0.141. The predicted octanol–water partition coefficient (Wildman–Crippen LogP) is 2.49. The summed E-state index contributed by atoms with van der Waals surface area (Å²) in [7, 11) is 2.01. The van der Waals surface area contributed by atoms with Crippen LogP contribution in [0.1, 0.15) is 34.6 Å². The van der Waals surface area contributed by atoms with E-state index in [0.29, 0.717) is 88.0 Å². The molecule has 8 nitrogen and oxygen atoms in total. The van der Waals surface area contributed by atoms with Gasteiger partial charge in [0.2, 0.25) is 5.91 Å². The van der Waals surface area contributed by atoms with Crippen molar-refractivity contribution in [2.24, 2.45) is 5.92 Å². The molecule has 0 spiro atoms. The first-order valence-corrected chi connectivity index (χ1v) is 12.3. The highest BCUT2D eigenvalue weighted by Crippen LogP contribution is 2.30. The second-order valence-corrected chi connectivity index (χ2v) is 9.57. The van der Waals surface area contributed by atoms with Gasteiger partial charge in [-0.3, -0.25) is 14.5 Å². The van der Waals surface area contributed by atoms with Gasteiger partial charge in [0.25, 0.3) is 5.91 Å². The first-order valence-electron chi connectivity index (χ1n) is 12.3. The van der Waals surface area contributed by atoms with Gasteiger partial charge in [0.1, 0.15) is 11.6 Å². The minimum Gasteiger partial charge on any atom is -0.378 e. The van der Waals surface area contributed by atoms with Crippen LogP contribution in [0, 0.1) is 11.7 Å². The smallest absolute Gasteiger partial charge is 0.274 e. The highest BCUT2D eigenvalue weighted by atomic mass is 19.1. The molecular formula is C26H32FN5O3. The van der Waals surface area contributed by atoms with Crippen LogP contribution in [-0.2, 0) is 22.6 Å². The molecule has 0 saturated carbocycles. The van der Waals surface area contributed by atoms with E-state index >= 15 is 0 Å². The van der Waals surface area contributed by atoms with Crippen molar-refractivity contribution in [1.82, 2.24) is 24.3 Å². The predicted molar refractivity (Wildman–Crippen MR) is 130 cm³/mol. The Kier molecular flexibility index (Phi) is 6.71. The molecule has 3 aliphatic rings. The molecule has 2 fully saturated rings. The number of nitrogens with zero attached hydrogens (tertiary/aromatic N) is 5. The summed E-state index contributed by atoms with van der Waals surface area (Å²) < 4.78 is 22.3. The molecule has 5 rings (SSSR count). The second kappa shape index (κ2) is 9.91. The maximum absolute atomic E-state index is 15.0. The average molecular weight is 482 g/mol. The number of amides is 2. The van der Waals surface area contributed by atoms with E-state index < -0.39 is 0 Å². The number of imidazole rings is 1. The van der Waals surface area contributed by atoms with E-state index in [9.17, 15) is 14.0 Å². The molecule has 0 bridgehead atoms. The Morgan fingerprint density at radius 2 is 1.83 bits per heavy atom. The van der Waals surface area contributed by atoms with E-state index in [-0.39, 0.29) is 23.5 Å². The first-order chi connectivity index (χ1) is 17.0. The normalized spacial score (nSPS) is 19.5. The van der Waals surface area contributed by atoms with Gasteiger partial charge in [-0.25, -0.2) is 9.37 Å². The van der Waals surface area contributed by atoms with E-state index in [1.165, 1.54) is 6.07 Å². The molecule has 0 unspecified atom stereocenters. The summed E-state index contributed by atoms with van der Waals surface area (Å²) in [6, 6.07) is 4.95. The van der Waals surface area contributed by atoms with Crippen molar-refractivity contribution in [2.75, 3.05) is 53.0 Å². The second-order valence-electron chi connectivity index (χ2n) is 9.57. The Hall–Kier alpha value is -3.04. The monoisotopic (exact) mass is 481 g/mol. The number of halogens is 1. The van der Waals surface area contributed by atoms with Crippen LogP contribution in [0.3, 0.4) is 0 Å². The summed E-state index contributed by atoms with van der Waals surface area (Å²) in [4.78, 5) is 37.0. The summed E-state index contributed by atoms with van der Waals surface area (Å²) in [6.45, 7) is 9.19. The number of likely N-dealkylation sites (N-methyl/N-ethyl adjacent to an activating group) is 1. The minimum atomic E-state index is -0.379. The molecule has 2 amide bonds. The standard InChI is InChI=1S/C26H32FN5O3/c1-3-18-4-5-20(21(27)16-18)24-28-23(22-17-29(2)10-11-32(22)24)26(34)30-8-6-19(7-9-30)25(33)31-12-14-35-15-13-31/h3-5,16,19H,1,6-15,17H2,2H3. The van der Waals surface area contributed by atoms with Gasteiger partial charge < -0.3 is 19.1 Å². The molecule has 9 heteroatoms. The van der Waals surface area contributed by atoms with Gasteiger partial charge in [0, 0.05) is 51.7 Å². The fraction of sp³-hybridized carbons (Fsp3) is 0.500. The van der Waals surface area contributed by atoms with Crippen LogP contribution in [0.25, 0.3) is 17.5 Å². The van der Waals surface area contributed by atoms with Crippen LogP contribution in [0.4, 0.5) is 4.39 Å². The average Bonchev–Trinajstić information content (AvgIpc) is 3.26. The maximum Gasteiger partial charge on any atom is 0.274 e. The third-order valence-electron chi connectivity index (χ3n) is 7.32. The van der Waals surface area contributed by atoms with Gasteiger partial charge in [-0.2, -0.15) is 0 Å². The van der Waals surface area contributed by atoms with Crippen molar-refractivity contribution in [1.29, 1.82) is 0 Å². The van der Waals surface area contributed by atoms with Crippen LogP contribution in [0.15, 0.2) is 24.8 Å². The zero-order valence-corrected chi connectivity index (χ0v) is 20.2. The van der Waals surface area contributed by atoms with E-state index in [4.69, 9.17) is 9.72 Å². The highest BCUT2D eigenvalue weighted by molar-refractivity contribution is 5.94. The number of carbonyl (C=O) groups is 2. The molecule has 0 radical (unpaired) electrons. The molecule has 4 heterocycles. The highest BCUT2D eigenvalue weighted by Gasteiger charge is 2.34. The maximum atomic E-state index is 15.0. The summed E-state index contributed by atoms with van der Waals surface area (Å²) >= 11 is 0. The van der Waals surface area contributed by atoms with Gasteiger partial charge >= 0.3 is 0 Å². The lowest BCUT2D eigenvalue weighted by Gasteiger charge is -2.35. The molecule has 2 saturated heterocycles. The van der Waals surface area contributed by atoms with Gasteiger partial charge in [0.15, 0.2) is 5.69 Å². The Morgan fingerprint density at radius 1 is 1.09 bits per heavy atom. The third-order valence-corrected chi connectivity index (χ3v) is 7.32. The van der Waals surface area contributed by atoms with Crippen LogP contribution in [0.2, 0.25) is 0 Å². The largest absolute Gasteiger partial charge is 0.378 e. The number of morpholine rings is 1. The van der Waals surface area contributed by atoms with Crippen LogP contribution < -0.4 is 0 Å². The topological polar surface area (TPSA) is 70.9 Å². The van der Waals surface area contributed by atoms with Crippen molar-refractivity contribution in [3.8, 4) is 11.4 Å².